The van der Waals surface area contributed by atoms with Crippen molar-refractivity contribution in [3.63, 3.8) is 0 Å². The molecule has 1 saturated heterocycles. The number of hydrogen-bond acceptors (Lipinski definition) is 3. The molecule has 1 unspecified atom stereocenters. The standard InChI is InChI=1S/C26H33N3O3/c1-17(2)20-8-6-19(7-9-20)14-15-27-23(30)16-29-24(31)26(5,28-25(29)32)22-12-10-21(11-13-22)18(3)4/h6-13,17-18H,14-16H2,1-5H3,(H,27,30)(H,28,32). The second kappa shape index (κ2) is 9.55. The van der Waals surface area contributed by atoms with Crippen molar-refractivity contribution in [1.82, 2.24) is 15.5 Å². The first kappa shape index (κ1) is 23.5. The molecular weight excluding hydrogens is 402 g/mol. The highest BCUT2D eigenvalue weighted by molar-refractivity contribution is 6.09. The Morgan fingerprint density at radius 1 is 0.938 bits per heavy atom. The second-order valence-corrected chi connectivity index (χ2v) is 9.22. The minimum absolute atomic E-state index is 0.295. The normalized spacial score (nSPS) is 18.4. The number of rotatable bonds is 8. The molecule has 1 heterocycles. The molecule has 1 aliphatic heterocycles. The third-order valence-electron chi connectivity index (χ3n) is 6.11. The molecule has 0 spiro atoms. The lowest BCUT2D eigenvalue weighted by Crippen LogP contribution is -2.43. The summed E-state index contributed by atoms with van der Waals surface area (Å²) in [5.74, 6) is 0.0803. The van der Waals surface area contributed by atoms with Crippen molar-refractivity contribution >= 4 is 17.8 Å². The van der Waals surface area contributed by atoms with Gasteiger partial charge in [-0.3, -0.25) is 14.5 Å². The van der Waals surface area contributed by atoms with Crippen LogP contribution in [-0.2, 0) is 21.5 Å². The molecule has 0 aliphatic carbocycles. The molecule has 0 bridgehead atoms. The molecule has 2 aromatic carbocycles. The highest BCUT2D eigenvalue weighted by Crippen LogP contribution is 2.29. The quantitative estimate of drug-likeness (QED) is 0.614. The maximum atomic E-state index is 13.0. The van der Waals surface area contributed by atoms with Crippen LogP contribution in [-0.4, -0.2) is 35.8 Å². The molecule has 32 heavy (non-hydrogen) atoms. The lowest BCUT2D eigenvalue weighted by molar-refractivity contribution is -0.134. The van der Waals surface area contributed by atoms with Crippen LogP contribution in [0.3, 0.4) is 0 Å². The van der Waals surface area contributed by atoms with Gasteiger partial charge in [-0.15, -0.1) is 0 Å². The van der Waals surface area contributed by atoms with Crippen LogP contribution in [0.1, 0.15) is 68.7 Å². The van der Waals surface area contributed by atoms with Crippen molar-refractivity contribution in [1.29, 1.82) is 0 Å². The smallest absolute Gasteiger partial charge is 0.325 e. The number of imide groups is 1. The molecule has 170 valence electrons. The average Bonchev–Trinajstić information content (AvgIpc) is 2.98. The van der Waals surface area contributed by atoms with E-state index in [4.69, 9.17) is 0 Å². The molecular formula is C26H33N3O3. The van der Waals surface area contributed by atoms with Crippen molar-refractivity contribution in [3.05, 3.63) is 70.8 Å². The van der Waals surface area contributed by atoms with Crippen molar-refractivity contribution in [2.24, 2.45) is 0 Å². The van der Waals surface area contributed by atoms with Crippen LogP contribution < -0.4 is 10.6 Å². The molecule has 4 amide bonds. The van der Waals surface area contributed by atoms with Crippen LogP contribution in [0.4, 0.5) is 4.79 Å². The number of carbonyl (C=O) groups is 3. The summed E-state index contributed by atoms with van der Waals surface area (Å²) in [6.07, 6.45) is 0.685. The number of nitrogens with one attached hydrogen (secondary N) is 2. The minimum Gasteiger partial charge on any atom is -0.354 e. The fourth-order valence-corrected chi connectivity index (χ4v) is 3.85. The zero-order valence-electron chi connectivity index (χ0n) is 19.6. The van der Waals surface area contributed by atoms with Gasteiger partial charge >= 0.3 is 6.03 Å². The first-order valence-electron chi connectivity index (χ1n) is 11.2. The molecule has 6 nitrogen and oxygen atoms in total. The third-order valence-corrected chi connectivity index (χ3v) is 6.11. The zero-order chi connectivity index (χ0) is 23.5. The summed E-state index contributed by atoms with van der Waals surface area (Å²) >= 11 is 0. The van der Waals surface area contributed by atoms with Gasteiger partial charge in [0.05, 0.1) is 0 Å². The monoisotopic (exact) mass is 435 g/mol. The molecule has 3 rings (SSSR count). The predicted molar refractivity (Wildman–Crippen MR) is 125 cm³/mol. The molecule has 1 atom stereocenters. The van der Waals surface area contributed by atoms with Crippen molar-refractivity contribution in [2.75, 3.05) is 13.1 Å². The molecule has 0 radical (unpaired) electrons. The number of nitrogens with zero attached hydrogens (tertiary/aromatic N) is 1. The molecule has 1 fully saturated rings. The molecule has 2 aromatic rings. The highest BCUT2D eigenvalue weighted by atomic mass is 16.2. The van der Waals surface area contributed by atoms with E-state index in [0.717, 1.165) is 16.0 Å². The zero-order valence-corrected chi connectivity index (χ0v) is 19.6. The molecule has 2 N–H and O–H groups in total. The minimum atomic E-state index is -1.18. The SMILES string of the molecule is CC(C)c1ccc(CCNC(=O)CN2C(=O)NC(C)(c3ccc(C(C)C)cc3)C2=O)cc1. The summed E-state index contributed by atoms with van der Waals surface area (Å²) < 4.78 is 0. The Balaban J connectivity index is 1.56. The van der Waals surface area contributed by atoms with E-state index >= 15 is 0 Å². The topological polar surface area (TPSA) is 78.5 Å². The van der Waals surface area contributed by atoms with Crippen LogP contribution >= 0.6 is 0 Å². The van der Waals surface area contributed by atoms with Gasteiger partial charge in [0.25, 0.3) is 5.91 Å². The van der Waals surface area contributed by atoms with E-state index < -0.39 is 17.5 Å². The second-order valence-electron chi connectivity index (χ2n) is 9.22. The van der Waals surface area contributed by atoms with Gasteiger partial charge < -0.3 is 10.6 Å². The number of benzene rings is 2. The van der Waals surface area contributed by atoms with E-state index in [1.54, 1.807) is 6.92 Å². The van der Waals surface area contributed by atoms with Crippen molar-refractivity contribution < 1.29 is 14.4 Å². The summed E-state index contributed by atoms with van der Waals surface area (Å²) in [6, 6.07) is 15.4. The van der Waals surface area contributed by atoms with Gasteiger partial charge in [-0.2, -0.15) is 0 Å². The van der Waals surface area contributed by atoms with E-state index in [2.05, 4.69) is 62.6 Å². The van der Waals surface area contributed by atoms with Crippen LogP contribution in [0.2, 0.25) is 0 Å². The van der Waals surface area contributed by atoms with Gasteiger partial charge in [0, 0.05) is 6.54 Å². The van der Waals surface area contributed by atoms with E-state index in [9.17, 15) is 14.4 Å². The first-order valence-corrected chi connectivity index (χ1v) is 11.2. The lowest BCUT2D eigenvalue weighted by Gasteiger charge is -2.22. The van der Waals surface area contributed by atoms with Crippen LogP contribution in [0, 0.1) is 0 Å². The van der Waals surface area contributed by atoms with E-state index in [1.807, 2.05) is 24.3 Å². The maximum Gasteiger partial charge on any atom is 0.325 e. The first-order chi connectivity index (χ1) is 15.1. The summed E-state index contributed by atoms with van der Waals surface area (Å²) in [4.78, 5) is 38.9. The van der Waals surface area contributed by atoms with Gasteiger partial charge in [0.15, 0.2) is 0 Å². The van der Waals surface area contributed by atoms with Gasteiger partial charge in [0.1, 0.15) is 12.1 Å². The molecule has 0 saturated carbocycles. The number of carbonyl (C=O) groups excluding carboxylic acids is 3. The molecule has 1 aliphatic rings. The Hall–Kier alpha value is -3.15. The number of urea groups is 1. The summed E-state index contributed by atoms with van der Waals surface area (Å²) in [7, 11) is 0. The van der Waals surface area contributed by atoms with Crippen LogP contribution in [0.15, 0.2) is 48.5 Å². The Morgan fingerprint density at radius 3 is 2.00 bits per heavy atom. The highest BCUT2D eigenvalue weighted by Gasteiger charge is 2.49. The molecule has 6 heteroatoms. The van der Waals surface area contributed by atoms with E-state index in [1.165, 1.54) is 5.56 Å². The summed E-state index contributed by atoms with van der Waals surface area (Å²) in [6.45, 7) is 10.3. The van der Waals surface area contributed by atoms with E-state index in [0.29, 0.717) is 30.4 Å². The van der Waals surface area contributed by atoms with Crippen molar-refractivity contribution in [2.45, 2.75) is 58.4 Å². The largest absolute Gasteiger partial charge is 0.354 e. The number of hydrogen-bond donors (Lipinski definition) is 2. The summed E-state index contributed by atoms with van der Waals surface area (Å²) in [5, 5.41) is 5.56. The van der Waals surface area contributed by atoms with Crippen molar-refractivity contribution in [3.8, 4) is 0 Å². The summed E-state index contributed by atoms with van der Waals surface area (Å²) in [5.41, 5.74) is 3.09. The number of amides is 4. The molecule has 0 aromatic heterocycles. The maximum absolute atomic E-state index is 13.0. The van der Waals surface area contributed by atoms with Gasteiger partial charge in [-0.1, -0.05) is 76.2 Å². The fourth-order valence-electron chi connectivity index (χ4n) is 3.85. The Labute approximate surface area is 190 Å². The van der Waals surface area contributed by atoms with Gasteiger partial charge in [-0.25, -0.2) is 4.79 Å². The third kappa shape index (κ3) is 5.01. The lowest BCUT2D eigenvalue weighted by atomic mass is 9.90. The Kier molecular flexibility index (Phi) is 7.02. The van der Waals surface area contributed by atoms with Gasteiger partial charge in [0.2, 0.25) is 5.91 Å². The average molecular weight is 436 g/mol. The fraction of sp³-hybridized carbons (Fsp3) is 0.423. The predicted octanol–water partition coefficient (Wildman–Crippen LogP) is 4.06. The Morgan fingerprint density at radius 2 is 1.47 bits per heavy atom. The Bertz CT molecular complexity index is 980. The van der Waals surface area contributed by atoms with Gasteiger partial charge in [-0.05, 0) is 47.4 Å². The van der Waals surface area contributed by atoms with E-state index in [-0.39, 0.29) is 12.5 Å². The van der Waals surface area contributed by atoms with Crippen LogP contribution in [0.25, 0.3) is 0 Å². The van der Waals surface area contributed by atoms with Crippen LogP contribution in [0.5, 0.6) is 0 Å².